The smallest absolute Gasteiger partial charge is 0.254 e. The minimum absolute atomic E-state index is 0.0904. The number of nitrogens with one attached hydrogen (secondary N) is 1. The molecule has 2 fully saturated rings. The topological polar surface area (TPSA) is 41.6 Å². The molecule has 1 spiro atoms. The molecule has 1 atom stereocenters. The second kappa shape index (κ2) is 6.70. The van der Waals surface area contributed by atoms with Crippen LogP contribution in [-0.2, 0) is 0 Å². The van der Waals surface area contributed by atoms with E-state index in [1.807, 2.05) is 6.07 Å². The second-order valence-corrected chi connectivity index (χ2v) is 7.40. The quantitative estimate of drug-likeness (QED) is 0.897. The van der Waals surface area contributed by atoms with Gasteiger partial charge in [0.25, 0.3) is 5.91 Å². The van der Waals surface area contributed by atoms with E-state index < -0.39 is 0 Å². The highest BCUT2D eigenvalue weighted by atomic mass is 35.5. The summed E-state index contributed by atoms with van der Waals surface area (Å²) in [7, 11) is 3.44. The van der Waals surface area contributed by atoms with Crippen molar-refractivity contribution in [3.63, 3.8) is 0 Å². The van der Waals surface area contributed by atoms with Crippen LogP contribution in [0.1, 0.15) is 36.0 Å². The van der Waals surface area contributed by atoms with Gasteiger partial charge in [-0.25, -0.2) is 0 Å². The molecule has 1 N–H and O–H groups in total. The van der Waals surface area contributed by atoms with Gasteiger partial charge in [-0.05, 0) is 68.3 Å². The van der Waals surface area contributed by atoms with Crippen LogP contribution in [0.2, 0.25) is 5.02 Å². The lowest BCUT2D eigenvalue weighted by Gasteiger charge is -2.23. The standard InChI is InChI=1S/C18H25ClN2O2/c1-21(2)17(22)15-4-3-14(11-16(15)19)23-10-5-13-12-18(13)6-8-20-9-7-18/h3-4,11,13,20H,5-10,12H2,1-2H3/t13-/m0/s1. The zero-order chi connectivity index (χ0) is 16.4. The minimum Gasteiger partial charge on any atom is -0.494 e. The summed E-state index contributed by atoms with van der Waals surface area (Å²) >= 11 is 6.20. The molecule has 23 heavy (non-hydrogen) atoms. The molecule has 1 amide bonds. The molecule has 1 saturated carbocycles. The molecule has 1 heterocycles. The third-order valence-corrected chi connectivity index (χ3v) is 5.58. The van der Waals surface area contributed by atoms with Crippen molar-refractivity contribution in [3.05, 3.63) is 28.8 Å². The average molecular weight is 337 g/mol. The normalized spacial score (nSPS) is 22.0. The van der Waals surface area contributed by atoms with Crippen LogP contribution in [0.5, 0.6) is 5.75 Å². The largest absolute Gasteiger partial charge is 0.494 e. The molecular weight excluding hydrogens is 312 g/mol. The summed E-state index contributed by atoms with van der Waals surface area (Å²) in [5, 5.41) is 3.88. The number of rotatable bonds is 5. The number of hydrogen-bond acceptors (Lipinski definition) is 3. The SMILES string of the molecule is CN(C)C(=O)c1ccc(OCC[C@H]2CC23CCNCC3)cc1Cl. The van der Waals surface area contributed by atoms with E-state index in [1.54, 1.807) is 26.2 Å². The van der Waals surface area contributed by atoms with Crippen LogP contribution in [0, 0.1) is 11.3 Å². The summed E-state index contributed by atoms with van der Waals surface area (Å²) in [5.41, 5.74) is 1.12. The maximum absolute atomic E-state index is 12.0. The lowest BCUT2D eigenvalue weighted by atomic mass is 9.91. The molecule has 2 aliphatic rings. The monoisotopic (exact) mass is 336 g/mol. The van der Waals surface area contributed by atoms with Crippen molar-refractivity contribution in [2.24, 2.45) is 11.3 Å². The first-order valence-electron chi connectivity index (χ1n) is 8.36. The fourth-order valence-electron chi connectivity index (χ4n) is 3.70. The molecule has 126 valence electrons. The predicted octanol–water partition coefficient (Wildman–Crippen LogP) is 3.20. The highest BCUT2D eigenvalue weighted by molar-refractivity contribution is 6.34. The van der Waals surface area contributed by atoms with E-state index in [4.69, 9.17) is 16.3 Å². The van der Waals surface area contributed by atoms with Crippen molar-refractivity contribution in [3.8, 4) is 5.75 Å². The van der Waals surface area contributed by atoms with Gasteiger partial charge in [0.15, 0.2) is 0 Å². The fourth-order valence-corrected chi connectivity index (χ4v) is 3.95. The lowest BCUT2D eigenvalue weighted by Crippen LogP contribution is -2.29. The van der Waals surface area contributed by atoms with Crippen molar-refractivity contribution < 1.29 is 9.53 Å². The highest BCUT2D eigenvalue weighted by Gasteiger charge is 2.52. The van der Waals surface area contributed by atoms with E-state index in [0.717, 1.165) is 37.8 Å². The number of benzene rings is 1. The zero-order valence-electron chi connectivity index (χ0n) is 13.9. The van der Waals surface area contributed by atoms with Gasteiger partial charge < -0.3 is 15.0 Å². The Morgan fingerprint density at radius 2 is 2.13 bits per heavy atom. The maximum Gasteiger partial charge on any atom is 0.254 e. The molecule has 1 aliphatic carbocycles. The molecule has 1 aromatic rings. The van der Waals surface area contributed by atoms with E-state index in [2.05, 4.69) is 5.32 Å². The second-order valence-electron chi connectivity index (χ2n) is 6.99. The first-order valence-corrected chi connectivity index (χ1v) is 8.74. The Bertz CT molecular complexity index is 582. The summed E-state index contributed by atoms with van der Waals surface area (Å²) in [6.07, 6.45) is 5.08. The average Bonchev–Trinajstić information content (AvgIpc) is 3.19. The van der Waals surface area contributed by atoms with E-state index in [9.17, 15) is 4.79 Å². The summed E-state index contributed by atoms with van der Waals surface area (Å²) < 4.78 is 5.84. The number of ether oxygens (including phenoxy) is 1. The van der Waals surface area contributed by atoms with E-state index >= 15 is 0 Å². The molecule has 5 heteroatoms. The summed E-state index contributed by atoms with van der Waals surface area (Å²) in [5.74, 6) is 1.47. The Morgan fingerprint density at radius 3 is 2.78 bits per heavy atom. The van der Waals surface area contributed by atoms with Gasteiger partial charge in [0.05, 0.1) is 17.2 Å². The van der Waals surface area contributed by atoms with Gasteiger partial charge in [-0.1, -0.05) is 11.6 Å². The first-order chi connectivity index (χ1) is 11.0. The zero-order valence-corrected chi connectivity index (χ0v) is 14.7. The van der Waals surface area contributed by atoms with Crippen LogP contribution in [0.3, 0.4) is 0 Å². The van der Waals surface area contributed by atoms with Crippen molar-refractivity contribution in [2.45, 2.75) is 25.7 Å². The van der Waals surface area contributed by atoms with Crippen molar-refractivity contribution in [1.29, 1.82) is 0 Å². The molecule has 1 saturated heterocycles. The lowest BCUT2D eigenvalue weighted by molar-refractivity contribution is 0.0827. The Labute approximate surface area is 143 Å². The van der Waals surface area contributed by atoms with Crippen molar-refractivity contribution >= 4 is 17.5 Å². The van der Waals surface area contributed by atoms with Gasteiger partial charge in [0, 0.05) is 14.1 Å². The van der Waals surface area contributed by atoms with Gasteiger partial charge in [-0.3, -0.25) is 4.79 Å². The Morgan fingerprint density at radius 1 is 1.39 bits per heavy atom. The highest BCUT2D eigenvalue weighted by Crippen LogP contribution is 2.60. The summed E-state index contributed by atoms with van der Waals surface area (Å²) in [6, 6.07) is 5.31. The minimum atomic E-state index is -0.0904. The first kappa shape index (κ1) is 16.6. The number of halogens is 1. The maximum atomic E-state index is 12.0. The number of hydrogen-bond donors (Lipinski definition) is 1. The summed E-state index contributed by atoms with van der Waals surface area (Å²) in [4.78, 5) is 13.5. The van der Waals surface area contributed by atoms with Gasteiger partial charge in [-0.2, -0.15) is 0 Å². The third-order valence-electron chi connectivity index (χ3n) is 5.27. The summed E-state index contributed by atoms with van der Waals surface area (Å²) in [6.45, 7) is 3.04. The van der Waals surface area contributed by atoms with Gasteiger partial charge >= 0.3 is 0 Å². The van der Waals surface area contributed by atoms with Crippen molar-refractivity contribution in [2.75, 3.05) is 33.8 Å². The molecule has 3 rings (SSSR count). The predicted molar refractivity (Wildman–Crippen MR) is 92.2 cm³/mol. The molecular formula is C18H25ClN2O2. The molecule has 1 aliphatic heterocycles. The molecule has 0 radical (unpaired) electrons. The molecule has 0 aromatic heterocycles. The van der Waals surface area contributed by atoms with E-state index in [0.29, 0.717) is 16.0 Å². The molecule has 4 nitrogen and oxygen atoms in total. The molecule has 0 bridgehead atoms. The number of carbonyl (C=O) groups is 1. The number of amides is 1. The fraction of sp³-hybridized carbons (Fsp3) is 0.611. The Hall–Kier alpha value is -1.26. The van der Waals surface area contributed by atoms with Crippen molar-refractivity contribution in [1.82, 2.24) is 10.2 Å². The van der Waals surface area contributed by atoms with Crippen LogP contribution >= 0.6 is 11.6 Å². The third kappa shape index (κ3) is 3.64. The number of piperidine rings is 1. The van der Waals surface area contributed by atoms with E-state index in [-0.39, 0.29) is 5.91 Å². The van der Waals surface area contributed by atoms with Crippen LogP contribution in [-0.4, -0.2) is 44.6 Å². The number of nitrogens with zero attached hydrogens (tertiary/aromatic N) is 1. The van der Waals surface area contributed by atoms with E-state index in [1.165, 1.54) is 24.2 Å². The number of carbonyl (C=O) groups excluding carboxylic acids is 1. The van der Waals surface area contributed by atoms with Gasteiger partial charge in [-0.15, -0.1) is 0 Å². The van der Waals surface area contributed by atoms with Crippen LogP contribution in [0.15, 0.2) is 18.2 Å². The van der Waals surface area contributed by atoms with Gasteiger partial charge in [0.1, 0.15) is 5.75 Å². The molecule has 1 aromatic carbocycles. The van der Waals surface area contributed by atoms with Crippen LogP contribution < -0.4 is 10.1 Å². The molecule has 0 unspecified atom stereocenters. The Kier molecular flexibility index (Phi) is 4.83. The van der Waals surface area contributed by atoms with Gasteiger partial charge in [0.2, 0.25) is 0 Å². The van der Waals surface area contributed by atoms with Crippen LogP contribution in [0.25, 0.3) is 0 Å². The Balaban J connectivity index is 1.49. The van der Waals surface area contributed by atoms with Crippen LogP contribution in [0.4, 0.5) is 0 Å².